The third kappa shape index (κ3) is 4.22. The average molecular weight is 277 g/mol. The first-order valence-corrected chi connectivity index (χ1v) is 7.57. The first kappa shape index (κ1) is 15.3. The molecule has 0 aromatic heterocycles. The lowest BCUT2D eigenvalue weighted by molar-refractivity contribution is 0.167. The predicted molar refractivity (Wildman–Crippen MR) is 82.2 cm³/mol. The number of hydrogen-bond donors (Lipinski definition) is 1. The van der Waals surface area contributed by atoms with Gasteiger partial charge in [0.25, 0.3) is 0 Å². The summed E-state index contributed by atoms with van der Waals surface area (Å²) < 4.78 is 11.2. The minimum absolute atomic E-state index is 0.103. The number of ether oxygens (including phenoxy) is 2. The van der Waals surface area contributed by atoms with Crippen LogP contribution in [0, 0.1) is 5.92 Å². The van der Waals surface area contributed by atoms with E-state index in [9.17, 15) is 0 Å². The summed E-state index contributed by atoms with van der Waals surface area (Å²) in [6.45, 7) is 11.2. The maximum Gasteiger partial charge on any atom is 0.119 e. The van der Waals surface area contributed by atoms with Crippen LogP contribution in [-0.2, 0) is 4.74 Å². The van der Waals surface area contributed by atoms with Crippen LogP contribution in [0.4, 0.5) is 0 Å². The molecule has 1 saturated heterocycles. The molecule has 20 heavy (non-hydrogen) atoms. The molecular weight excluding hydrogens is 250 g/mol. The van der Waals surface area contributed by atoms with E-state index < -0.39 is 0 Å². The highest BCUT2D eigenvalue weighted by Gasteiger charge is 2.30. The predicted octanol–water partition coefficient (Wildman–Crippen LogP) is 3.55. The molecular formula is C17H27NO2. The third-order valence-corrected chi connectivity index (χ3v) is 3.75. The van der Waals surface area contributed by atoms with Gasteiger partial charge in [-0.2, -0.15) is 0 Å². The molecule has 112 valence electrons. The zero-order valence-corrected chi connectivity index (χ0v) is 13.1. The standard InChI is InChI=1S/C17H27NO2/c1-13(2)11-20-16-7-5-15(6-8-16)14(3)18-17(4)9-10-19-12-17/h5-8,13-14,18H,9-12H2,1-4H3. The van der Waals surface area contributed by atoms with Crippen molar-refractivity contribution in [3.63, 3.8) is 0 Å². The molecule has 1 aliphatic rings. The molecule has 0 bridgehead atoms. The van der Waals surface area contributed by atoms with E-state index in [1.807, 2.05) is 0 Å². The highest BCUT2D eigenvalue weighted by atomic mass is 16.5. The van der Waals surface area contributed by atoms with Crippen LogP contribution in [0.3, 0.4) is 0 Å². The molecule has 1 aromatic carbocycles. The van der Waals surface area contributed by atoms with Crippen LogP contribution >= 0.6 is 0 Å². The van der Waals surface area contributed by atoms with Gasteiger partial charge in [-0.25, -0.2) is 0 Å². The highest BCUT2D eigenvalue weighted by Crippen LogP contribution is 2.24. The Morgan fingerprint density at radius 3 is 2.50 bits per heavy atom. The second kappa shape index (κ2) is 6.59. The summed E-state index contributed by atoms with van der Waals surface area (Å²) in [5.41, 5.74) is 1.39. The molecule has 0 saturated carbocycles. The normalized spacial score (nSPS) is 24.1. The van der Waals surface area contributed by atoms with E-state index in [4.69, 9.17) is 9.47 Å². The van der Waals surface area contributed by atoms with Crippen molar-refractivity contribution in [2.75, 3.05) is 19.8 Å². The molecule has 3 nitrogen and oxygen atoms in total. The van der Waals surface area contributed by atoms with Gasteiger partial charge in [0.15, 0.2) is 0 Å². The van der Waals surface area contributed by atoms with E-state index in [1.165, 1.54) is 5.56 Å². The van der Waals surface area contributed by atoms with E-state index in [0.717, 1.165) is 32.0 Å². The van der Waals surface area contributed by atoms with Gasteiger partial charge in [-0.05, 0) is 43.9 Å². The molecule has 1 N–H and O–H groups in total. The summed E-state index contributed by atoms with van der Waals surface area (Å²) in [7, 11) is 0. The fourth-order valence-corrected chi connectivity index (χ4v) is 2.50. The van der Waals surface area contributed by atoms with E-state index in [0.29, 0.717) is 12.0 Å². The minimum atomic E-state index is 0.103. The molecule has 2 unspecified atom stereocenters. The molecule has 1 aromatic rings. The smallest absolute Gasteiger partial charge is 0.119 e. The summed E-state index contributed by atoms with van der Waals surface area (Å²) >= 11 is 0. The van der Waals surface area contributed by atoms with Crippen molar-refractivity contribution in [3.8, 4) is 5.75 Å². The number of rotatable bonds is 6. The highest BCUT2D eigenvalue weighted by molar-refractivity contribution is 5.29. The van der Waals surface area contributed by atoms with Crippen molar-refractivity contribution in [1.82, 2.24) is 5.32 Å². The largest absolute Gasteiger partial charge is 0.493 e. The van der Waals surface area contributed by atoms with Crippen molar-refractivity contribution < 1.29 is 9.47 Å². The molecule has 1 fully saturated rings. The molecule has 2 rings (SSSR count). The maximum atomic E-state index is 5.72. The van der Waals surface area contributed by atoms with Gasteiger partial charge in [-0.15, -0.1) is 0 Å². The number of benzene rings is 1. The Morgan fingerprint density at radius 1 is 1.25 bits per heavy atom. The van der Waals surface area contributed by atoms with Crippen LogP contribution in [0.15, 0.2) is 24.3 Å². The topological polar surface area (TPSA) is 30.5 Å². The first-order chi connectivity index (χ1) is 9.48. The molecule has 2 atom stereocenters. The Hall–Kier alpha value is -1.06. The van der Waals surface area contributed by atoms with Crippen LogP contribution in [-0.4, -0.2) is 25.4 Å². The molecule has 1 aliphatic heterocycles. The minimum Gasteiger partial charge on any atom is -0.493 e. The van der Waals surface area contributed by atoms with E-state index in [-0.39, 0.29) is 5.54 Å². The van der Waals surface area contributed by atoms with Crippen LogP contribution in [0.5, 0.6) is 5.75 Å². The molecule has 1 heterocycles. The zero-order chi connectivity index (χ0) is 14.6. The van der Waals surface area contributed by atoms with Crippen LogP contribution in [0.1, 0.15) is 45.7 Å². The lowest BCUT2D eigenvalue weighted by atomic mass is 9.98. The van der Waals surface area contributed by atoms with Crippen LogP contribution in [0.25, 0.3) is 0 Å². The summed E-state index contributed by atoms with van der Waals surface area (Å²) in [5, 5.41) is 3.68. The number of nitrogens with one attached hydrogen (secondary N) is 1. The van der Waals surface area contributed by atoms with Gasteiger partial charge >= 0.3 is 0 Å². The lowest BCUT2D eigenvalue weighted by Crippen LogP contribution is -2.44. The molecule has 3 heteroatoms. The quantitative estimate of drug-likeness (QED) is 0.862. The Labute approximate surface area is 122 Å². The Balaban J connectivity index is 1.91. The summed E-state index contributed by atoms with van der Waals surface area (Å²) in [4.78, 5) is 0. The van der Waals surface area contributed by atoms with Gasteiger partial charge in [-0.3, -0.25) is 0 Å². The SMILES string of the molecule is CC(C)COc1ccc(C(C)NC2(C)CCOC2)cc1. The molecule has 0 amide bonds. The average Bonchev–Trinajstić information content (AvgIpc) is 2.83. The lowest BCUT2D eigenvalue weighted by Gasteiger charge is -2.28. The van der Waals surface area contributed by atoms with Gasteiger partial charge in [0.05, 0.1) is 13.2 Å². The summed E-state index contributed by atoms with van der Waals surface area (Å²) in [6, 6.07) is 8.73. The van der Waals surface area contributed by atoms with Crippen molar-refractivity contribution >= 4 is 0 Å². The second-order valence-electron chi connectivity index (χ2n) is 6.50. The Bertz CT molecular complexity index is 408. The van der Waals surface area contributed by atoms with Gasteiger partial charge < -0.3 is 14.8 Å². The second-order valence-corrected chi connectivity index (χ2v) is 6.50. The zero-order valence-electron chi connectivity index (χ0n) is 13.1. The van der Waals surface area contributed by atoms with Crippen LogP contribution in [0.2, 0.25) is 0 Å². The van der Waals surface area contributed by atoms with Crippen molar-refractivity contribution in [3.05, 3.63) is 29.8 Å². The van der Waals surface area contributed by atoms with Crippen LogP contribution < -0.4 is 10.1 Å². The van der Waals surface area contributed by atoms with Gasteiger partial charge in [0, 0.05) is 18.2 Å². The summed E-state index contributed by atoms with van der Waals surface area (Å²) in [6.07, 6.45) is 1.08. The number of hydrogen-bond acceptors (Lipinski definition) is 3. The molecule has 0 radical (unpaired) electrons. The Kier molecular flexibility index (Phi) is 5.06. The van der Waals surface area contributed by atoms with E-state index >= 15 is 0 Å². The Morgan fingerprint density at radius 2 is 1.95 bits per heavy atom. The van der Waals surface area contributed by atoms with Crippen molar-refractivity contribution in [2.24, 2.45) is 5.92 Å². The van der Waals surface area contributed by atoms with Crippen molar-refractivity contribution in [1.29, 1.82) is 0 Å². The fraction of sp³-hybridized carbons (Fsp3) is 0.647. The molecule has 0 aliphatic carbocycles. The van der Waals surface area contributed by atoms with Gasteiger partial charge in [0.1, 0.15) is 5.75 Å². The maximum absolute atomic E-state index is 5.72. The fourth-order valence-electron chi connectivity index (χ4n) is 2.50. The molecule has 0 spiro atoms. The van der Waals surface area contributed by atoms with Gasteiger partial charge in [0.2, 0.25) is 0 Å². The van der Waals surface area contributed by atoms with Gasteiger partial charge in [-0.1, -0.05) is 26.0 Å². The van der Waals surface area contributed by atoms with E-state index in [2.05, 4.69) is 57.3 Å². The van der Waals surface area contributed by atoms with Crippen molar-refractivity contribution in [2.45, 2.75) is 45.7 Å². The van der Waals surface area contributed by atoms with E-state index in [1.54, 1.807) is 0 Å². The first-order valence-electron chi connectivity index (χ1n) is 7.57. The third-order valence-electron chi connectivity index (χ3n) is 3.75. The summed E-state index contributed by atoms with van der Waals surface area (Å²) in [5.74, 6) is 1.50. The monoisotopic (exact) mass is 277 g/mol.